The quantitative estimate of drug-likeness (QED) is 0.710. The van der Waals surface area contributed by atoms with E-state index in [0.717, 1.165) is 0 Å². The molecule has 3 atom stereocenters. The molecule has 0 aromatic rings. The van der Waals surface area contributed by atoms with Crippen LogP contribution in [-0.2, 0) is 9.59 Å². The lowest BCUT2D eigenvalue weighted by Gasteiger charge is -2.49. The summed E-state index contributed by atoms with van der Waals surface area (Å²) in [7, 11) is 0. The maximum Gasteiger partial charge on any atom is 0.242 e. The molecule has 1 fully saturated rings. The maximum absolute atomic E-state index is 12.0. The average molecular weight is 270 g/mol. The van der Waals surface area contributed by atoms with Gasteiger partial charge in [0, 0.05) is 16.9 Å². The number of hydrogen-bond acceptors (Lipinski definition) is 3. The van der Waals surface area contributed by atoms with Crippen LogP contribution in [0.3, 0.4) is 0 Å². The number of rotatable bonds is 3. The van der Waals surface area contributed by atoms with Crippen molar-refractivity contribution in [2.24, 2.45) is 10.8 Å². The van der Waals surface area contributed by atoms with Gasteiger partial charge in [0.25, 0.3) is 0 Å². The van der Waals surface area contributed by atoms with E-state index in [9.17, 15) is 14.7 Å². The van der Waals surface area contributed by atoms with Crippen molar-refractivity contribution < 1.29 is 14.7 Å². The molecule has 0 aliphatic heterocycles. The number of carbonyl (C=O) groups excluding carboxylic acids is 2. The molecule has 110 valence electrons. The fourth-order valence-corrected chi connectivity index (χ4v) is 1.92. The van der Waals surface area contributed by atoms with E-state index in [1.807, 2.05) is 13.8 Å². The molecular weight excluding hydrogens is 244 g/mol. The van der Waals surface area contributed by atoms with Gasteiger partial charge in [-0.1, -0.05) is 34.6 Å². The summed E-state index contributed by atoms with van der Waals surface area (Å²) in [6.45, 7) is 10.9. The zero-order valence-corrected chi connectivity index (χ0v) is 12.7. The van der Waals surface area contributed by atoms with E-state index in [1.54, 1.807) is 27.7 Å². The SMILES string of the molecule is CC(NC(=O)C(C)(C)C)C(=O)NC1CC(O)C1(C)C. The van der Waals surface area contributed by atoms with Gasteiger partial charge in [-0.05, 0) is 13.3 Å². The lowest BCUT2D eigenvalue weighted by Crippen LogP contribution is -2.63. The number of aliphatic hydroxyl groups is 1. The van der Waals surface area contributed by atoms with Crippen LogP contribution in [0.2, 0.25) is 0 Å². The fourth-order valence-electron chi connectivity index (χ4n) is 1.92. The molecule has 0 aromatic heterocycles. The zero-order valence-electron chi connectivity index (χ0n) is 12.7. The van der Waals surface area contributed by atoms with Gasteiger partial charge in [-0.15, -0.1) is 0 Å². The topological polar surface area (TPSA) is 78.4 Å². The zero-order chi connectivity index (χ0) is 15.0. The molecule has 1 saturated carbocycles. The minimum absolute atomic E-state index is 0.0380. The molecule has 5 heteroatoms. The molecule has 1 aliphatic rings. The van der Waals surface area contributed by atoms with Crippen LogP contribution in [0.1, 0.15) is 48.0 Å². The lowest BCUT2D eigenvalue weighted by molar-refractivity contribution is -0.136. The first-order chi connectivity index (χ1) is 8.46. The predicted molar refractivity (Wildman–Crippen MR) is 73.4 cm³/mol. The Labute approximate surface area is 115 Å². The van der Waals surface area contributed by atoms with Gasteiger partial charge in [0.15, 0.2) is 0 Å². The molecule has 0 bridgehead atoms. The van der Waals surface area contributed by atoms with Crippen molar-refractivity contribution in [3.8, 4) is 0 Å². The summed E-state index contributed by atoms with van der Waals surface area (Å²) in [5.41, 5.74) is -0.816. The third kappa shape index (κ3) is 3.47. The van der Waals surface area contributed by atoms with Crippen LogP contribution in [0.4, 0.5) is 0 Å². The van der Waals surface area contributed by atoms with Gasteiger partial charge in [0.05, 0.1) is 6.10 Å². The highest BCUT2D eigenvalue weighted by Gasteiger charge is 2.48. The monoisotopic (exact) mass is 270 g/mol. The summed E-state index contributed by atoms with van der Waals surface area (Å²) in [5, 5.41) is 15.2. The summed E-state index contributed by atoms with van der Waals surface area (Å²) in [4.78, 5) is 23.8. The van der Waals surface area contributed by atoms with E-state index in [2.05, 4.69) is 10.6 Å². The Morgan fingerprint density at radius 3 is 2.21 bits per heavy atom. The molecule has 0 aromatic carbocycles. The highest BCUT2D eigenvalue weighted by molar-refractivity contribution is 5.89. The largest absolute Gasteiger partial charge is 0.392 e. The van der Waals surface area contributed by atoms with Gasteiger partial charge in [0.1, 0.15) is 6.04 Å². The number of aliphatic hydroxyl groups excluding tert-OH is 1. The minimum Gasteiger partial charge on any atom is -0.392 e. The van der Waals surface area contributed by atoms with Gasteiger partial charge in [-0.3, -0.25) is 9.59 Å². The predicted octanol–water partition coefficient (Wildman–Crippen LogP) is 0.813. The summed E-state index contributed by atoms with van der Waals surface area (Å²) in [6.07, 6.45) is 0.191. The van der Waals surface area contributed by atoms with Gasteiger partial charge in [0.2, 0.25) is 11.8 Å². The summed E-state index contributed by atoms with van der Waals surface area (Å²) >= 11 is 0. The van der Waals surface area contributed by atoms with Crippen molar-refractivity contribution in [3.63, 3.8) is 0 Å². The first-order valence-corrected chi connectivity index (χ1v) is 6.75. The third-order valence-corrected chi connectivity index (χ3v) is 3.95. The van der Waals surface area contributed by atoms with Crippen LogP contribution < -0.4 is 10.6 Å². The highest BCUT2D eigenvalue weighted by atomic mass is 16.3. The molecule has 3 N–H and O–H groups in total. The van der Waals surface area contributed by atoms with Crippen molar-refractivity contribution in [3.05, 3.63) is 0 Å². The molecule has 0 saturated heterocycles. The molecule has 0 radical (unpaired) electrons. The lowest BCUT2D eigenvalue weighted by atomic mass is 9.64. The van der Waals surface area contributed by atoms with E-state index in [1.165, 1.54) is 0 Å². The van der Waals surface area contributed by atoms with Gasteiger partial charge >= 0.3 is 0 Å². The molecule has 3 unspecified atom stereocenters. The van der Waals surface area contributed by atoms with Crippen LogP contribution in [-0.4, -0.2) is 35.1 Å². The Morgan fingerprint density at radius 2 is 1.84 bits per heavy atom. The average Bonchev–Trinajstić information content (AvgIpc) is 2.26. The van der Waals surface area contributed by atoms with Gasteiger partial charge in [-0.25, -0.2) is 0 Å². The fraction of sp³-hybridized carbons (Fsp3) is 0.857. The highest BCUT2D eigenvalue weighted by Crippen LogP contribution is 2.40. The van der Waals surface area contributed by atoms with E-state index < -0.39 is 11.5 Å². The second-order valence-corrected chi connectivity index (χ2v) is 7.08. The number of hydrogen-bond donors (Lipinski definition) is 3. The van der Waals surface area contributed by atoms with Crippen molar-refractivity contribution in [1.82, 2.24) is 10.6 Å². The van der Waals surface area contributed by atoms with E-state index in [4.69, 9.17) is 0 Å². The normalized spacial score (nSPS) is 27.1. The van der Waals surface area contributed by atoms with Crippen molar-refractivity contribution in [2.75, 3.05) is 0 Å². The van der Waals surface area contributed by atoms with Crippen molar-refractivity contribution in [1.29, 1.82) is 0 Å². The Bertz CT molecular complexity index is 371. The minimum atomic E-state index is -0.569. The third-order valence-electron chi connectivity index (χ3n) is 3.95. The Hall–Kier alpha value is -1.10. The van der Waals surface area contributed by atoms with Gasteiger partial charge in [-0.2, -0.15) is 0 Å². The summed E-state index contributed by atoms with van der Waals surface area (Å²) in [5.74, 6) is -0.356. The van der Waals surface area contributed by atoms with E-state index in [-0.39, 0.29) is 29.4 Å². The molecule has 19 heavy (non-hydrogen) atoms. The first-order valence-electron chi connectivity index (χ1n) is 6.75. The second-order valence-electron chi connectivity index (χ2n) is 7.08. The van der Waals surface area contributed by atoms with Crippen LogP contribution in [0.25, 0.3) is 0 Å². The number of carbonyl (C=O) groups is 2. The number of nitrogens with one attached hydrogen (secondary N) is 2. The van der Waals surface area contributed by atoms with Crippen molar-refractivity contribution >= 4 is 11.8 Å². The second kappa shape index (κ2) is 5.12. The molecule has 1 rings (SSSR count). The molecule has 2 amide bonds. The molecule has 1 aliphatic carbocycles. The van der Waals surface area contributed by atoms with E-state index in [0.29, 0.717) is 6.42 Å². The van der Waals surface area contributed by atoms with Crippen LogP contribution in [0, 0.1) is 10.8 Å². The molecule has 0 heterocycles. The number of amides is 2. The van der Waals surface area contributed by atoms with Crippen LogP contribution >= 0.6 is 0 Å². The summed E-state index contributed by atoms with van der Waals surface area (Å²) < 4.78 is 0. The molecular formula is C14H26N2O3. The smallest absolute Gasteiger partial charge is 0.242 e. The van der Waals surface area contributed by atoms with E-state index >= 15 is 0 Å². The Morgan fingerprint density at radius 1 is 1.32 bits per heavy atom. The Balaban J connectivity index is 2.49. The summed E-state index contributed by atoms with van der Waals surface area (Å²) in [6, 6.07) is -0.607. The standard InChI is InChI=1S/C14H26N2O3/c1-8(15-12(19)13(2,3)4)11(18)16-9-7-10(17)14(9,5)6/h8-10,17H,7H2,1-6H3,(H,15,19)(H,16,18). The van der Waals surface area contributed by atoms with Crippen molar-refractivity contribution in [2.45, 2.75) is 66.2 Å². The van der Waals surface area contributed by atoms with Gasteiger partial charge < -0.3 is 15.7 Å². The Kier molecular flexibility index (Phi) is 4.30. The molecule has 0 spiro atoms. The van der Waals surface area contributed by atoms with Crippen LogP contribution in [0.15, 0.2) is 0 Å². The first kappa shape index (κ1) is 16.0. The molecule has 5 nitrogen and oxygen atoms in total. The van der Waals surface area contributed by atoms with Crippen LogP contribution in [0.5, 0.6) is 0 Å². The maximum atomic E-state index is 12.0.